The number of benzene rings is 2. The van der Waals surface area contributed by atoms with Crippen molar-refractivity contribution < 1.29 is 18.4 Å². The Bertz CT molecular complexity index is 1400. The van der Waals surface area contributed by atoms with E-state index in [0.29, 0.717) is 17.2 Å². The fourth-order valence-corrected chi connectivity index (χ4v) is 3.90. The third-order valence-electron chi connectivity index (χ3n) is 4.58. The highest BCUT2D eigenvalue weighted by Crippen LogP contribution is 2.31. The molecule has 2 heterocycles. The normalized spacial score (nSPS) is 11.1. The third-order valence-corrected chi connectivity index (χ3v) is 5.43. The fraction of sp³-hybridized carbons (Fsp3) is 0.0909. The first-order valence-electron chi connectivity index (χ1n) is 9.88. The van der Waals surface area contributed by atoms with Gasteiger partial charge in [0.25, 0.3) is 0 Å². The predicted octanol–water partition coefficient (Wildman–Crippen LogP) is 4.04. The van der Waals surface area contributed by atoms with Crippen LogP contribution in [0.4, 0.5) is 25.3 Å². The Morgan fingerprint density at radius 1 is 1.15 bits per heavy atom. The number of rotatable bonds is 6. The van der Waals surface area contributed by atoms with E-state index in [1.807, 2.05) is 0 Å². The van der Waals surface area contributed by atoms with E-state index in [4.69, 9.17) is 0 Å². The molecule has 172 valence electrons. The molecule has 0 atom stereocenters. The molecular weight excluding hydrogens is 464 g/mol. The molecular formula is C22H17F2N7O2S. The topological polar surface area (TPSA) is 106 Å². The zero-order valence-electron chi connectivity index (χ0n) is 17.9. The SMILES string of the molecule is CC(=O)N(c1nc(/C=C/C(=O)Nc2ccc(F)c(-n3nnnc3C)c2)cs1)c1ccccc1F. The van der Waals surface area contributed by atoms with Crippen molar-refractivity contribution in [2.24, 2.45) is 0 Å². The zero-order valence-corrected chi connectivity index (χ0v) is 18.8. The molecule has 0 spiro atoms. The molecule has 0 fully saturated rings. The van der Waals surface area contributed by atoms with Gasteiger partial charge < -0.3 is 5.32 Å². The van der Waals surface area contributed by atoms with E-state index >= 15 is 0 Å². The van der Waals surface area contributed by atoms with Crippen LogP contribution in [-0.4, -0.2) is 37.0 Å². The summed E-state index contributed by atoms with van der Waals surface area (Å²) in [6.07, 6.45) is 2.69. The smallest absolute Gasteiger partial charge is 0.248 e. The monoisotopic (exact) mass is 481 g/mol. The van der Waals surface area contributed by atoms with Crippen LogP contribution in [0.25, 0.3) is 11.8 Å². The molecule has 0 saturated heterocycles. The van der Waals surface area contributed by atoms with Gasteiger partial charge in [-0.05, 0) is 53.8 Å². The summed E-state index contributed by atoms with van der Waals surface area (Å²) < 4.78 is 29.6. The first-order chi connectivity index (χ1) is 16.3. The number of aryl methyl sites for hydroxylation is 1. The van der Waals surface area contributed by atoms with Crippen LogP contribution in [0.2, 0.25) is 0 Å². The number of carbonyl (C=O) groups excluding carboxylic acids is 2. The average molecular weight is 481 g/mol. The summed E-state index contributed by atoms with van der Waals surface area (Å²) in [6.45, 7) is 2.93. The van der Waals surface area contributed by atoms with Crippen LogP contribution in [0.15, 0.2) is 53.9 Å². The fourth-order valence-electron chi connectivity index (χ4n) is 3.05. The number of aromatic nitrogens is 5. The Balaban J connectivity index is 1.49. The molecule has 4 aromatic rings. The molecule has 0 aliphatic rings. The summed E-state index contributed by atoms with van der Waals surface area (Å²) in [4.78, 5) is 30.0. The molecule has 0 aliphatic carbocycles. The lowest BCUT2D eigenvalue weighted by molar-refractivity contribution is -0.116. The lowest BCUT2D eigenvalue weighted by Crippen LogP contribution is -2.23. The van der Waals surface area contributed by atoms with Crippen LogP contribution in [0.5, 0.6) is 0 Å². The largest absolute Gasteiger partial charge is 0.322 e. The Hall–Kier alpha value is -4.32. The van der Waals surface area contributed by atoms with Crippen molar-refractivity contribution in [2.75, 3.05) is 10.2 Å². The van der Waals surface area contributed by atoms with Gasteiger partial charge in [0.05, 0.1) is 11.4 Å². The molecule has 1 N–H and O–H groups in total. The van der Waals surface area contributed by atoms with E-state index in [0.717, 1.165) is 11.3 Å². The number of anilines is 3. The second-order valence-electron chi connectivity index (χ2n) is 6.99. The number of hydrogen-bond acceptors (Lipinski definition) is 7. The minimum absolute atomic E-state index is 0.0857. The minimum Gasteiger partial charge on any atom is -0.322 e. The van der Waals surface area contributed by atoms with Crippen LogP contribution in [-0.2, 0) is 9.59 Å². The summed E-state index contributed by atoms with van der Waals surface area (Å²) in [6, 6.07) is 9.89. The molecule has 12 heteroatoms. The number of tetrazole rings is 1. The highest BCUT2D eigenvalue weighted by Gasteiger charge is 2.20. The number of nitrogens with zero attached hydrogens (tertiary/aromatic N) is 6. The van der Waals surface area contributed by atoms with E-state index in [2.05, 4.69) is 25.8 Å². The standard InChI is InChI=1S/C22H17F2N7O2S/c1-13-27-28-29-31(13)20-11-15(7-9-18(20)24)25-21(33)10-8-16-12-34-22(26-16)30(14(2)32)19-6-4-3-5-17(19)23/h3-12H,1-2H3,(H,25,33)/b10-8+. The summed E-state index contributed by atoms with van der Waals surface area (Å²) >= 11 is 1.13. The highest BCUT2D eigenvalue weighted by atomic mass is 32.1. The lowest BCUT2D eigenvalue weighted by atomic mass is 10.2. The number of nitrogens with one attached hydrogen (secondary N) is 1. The van der Waals surface area contributed by atoms with Crippen LogP contribution in [0, 0.1) is 18.6 Å². The highest BCUT2D eigenvalue weighted by molar-refractivity contribution is 7.14. The first kappa shape index (κ1) is 22.9. The second-order valence-corrected chi connectivity index (χ2v) is 7.82. The molecule has 0 aliphatic heterocycles. The van der Waals surface area contributed by atoms with Gasteiger partial charge in [0.2, 0.25) is 11.8 Å². The molecule has 0 saturated carbocycles. The maximum absolute atomic E-state index is 14.2. The van der Waals surface area contributed by atoms with Crippen molar-refractivity contribution in [3.63, 3.8) is 0 Å². The first-order valence-corrected chi connectivity index (χ1v) is 10.8. The summed E-state index contributed by atoms with van der Waals surface area (Å²) in [5.41, 5.74) is 0.914. The quantitative estimate of drug-likeness (QED) is 0.417. The van der Waals surface area contributed by atoms with Crippen molar-refractivity contribution in [1.29, 1.82) is 0 Å². The van der Waals surface area contributed by atoms with Gasteiger partial charge in [0.15, 0.2) is 11.0 Å². The van der Waals surface area contributed by atoms with Crippen molar-refractivity contribution in [1.82, 2.24) is 25.2 Å². The summed E-state index contributed by atoms with van der Waals surface area (Å²) in [5.74, 6) is -1.61. The van der Waals surface area contributed by atoms with E-state index in [9.17, 15) is 18.4 Å². The molecule has 34 heavy (non-hydrogen) atoms. The van der Waals surface area contributed by atoms with Gasteiger partial charge in [-0.1, -0.05) is 12.1 Å². The average Bonchev–Trinajstić information content (AvgIpc) is 3.44. The molecule has 2 aromatic heterocycles. The predicted molar refractivity (Wildman–Crippen MR) is 123 cm³/mol. The number of halogens is 2. The van der Waals surface area contributed by atoms with Crippen LogP contribution >= 0.6 is 11.3 Å². The Morgan fingerprint density at radius 2 is 1.94 bits per heavy atom. The maximum Gasteiger partial charge on any atom is 0.248 e. The second kappa shape index (κ2) is 9.67. The van der Waals surface area contributed by atoms with Crippen LogP contribution in [0.1, 0.15) is 18.4 Å². The van der Waals surface area contributed by atoms with Crippen LogP contribution < -0.4 is 10.2 Å². The van der Waals surface area contributed by atoms with Crippen molar-refractivity contribution >= 4 is 45.7 Å². The third kappa shape index (κ3) is 4.86. The van der Waals surface area contributed by atoms with Crippen molar-refractivity contribution in [2.45, 2.75) is 13.8 Å². The number of hydrogen-bond donors (Lipinski definition) is 1. The Morgan fingerprint density at radius 3 is 2.65 bits per heavy atom. The Labute approximate surface area is 196 Å². The minimum atomic E-state index is -0.556. The van der Waals surface area contributed by atoms with Crippen LogP contribution in [0.3, 0.4) is 0 Å². The Kier molecular flexibility index (Phi) is 6.50. The van der Waals surface area contributed by atoms with Gasteiger partial charge in [-0.15, -0.1) is 16.4 Å². The molecule has 0 radical (unpaired) electrons. The van der Waals surface area contributed by atoms with E-state index < -0.39 is 23.4 Å². The van der Waals surface area contributed by atoms with E-state index in [1.165, 1.54) is 65.1 Å². The van der Waals surface area contributed by atoms with Crippen molar-refractivity contribution in [3.05, 3.63) is 77.1 Å². The molecule has 0 bridgehead atoms. The molecule has 4 rings (SSSR count). The van der Waals surface area contributed by atoms with Crippen molar-refractivity contribution in [3.8, 4) is 5.69 Å². The molecule has 2 amide bonds. The summed E-state index contributed by atoms with van der Waals surface area (Å²) in [5, 5.41) is 15.5. The summed E-state index contributed by atoms with van der Waals surface area (Å²) in [7, 11) is 0. The van der Waals surface area contributed by atoms with Gasteiger partial charge in [-0.3, -0.25) is 14.5 Å². The van der Waals surface area contributed by atoms with Gasteiger partial charge >= 0.3 is 0 Å². The van der Waals surface area contributed by atoms with E-state index in [1.54, 1.807) is 18.4 Å². The van der Waals surface area contributed by atoms with E-state index in [-0.39, 0.29) is 16.5 Å². The zero-order chi connectivity index (χ0) is 24.2. The lowest BCUT2D eigenvalue weighted by Gasteiger charge is -2.18. The van der Waals surface area contributed by atoms with Gasteiger partial charge in [0, 0.05) is 24.1 Å². The molecule has 0 unspecified atom stereocenters. The van der Waals surface area contributed by atoms with Gasteiger partial charge in [-0.25, -0.2) is 13.8 Å². The number of thiazole rings is 1. The maximum atomic E-state index is 14.2. The number of para-hydroxylation sites is 1. The van der Waals surface area contributed by atoms with Gasteiger partial charge in [0.1, 0.15) is 17.3 Å². The van der Waals surface area contributed by atoms with Gasteiger partial charge in [-0.2, -0.15) is 4.68 Å². The number of amides is 2. The number of carbonyl (C=O) groups is 2. The molecule has 2 aromatic carbocycles. The molecule has 9 nitrogen and oxygen atoms in total.